The van der Waals surface area contributed by atoms with Crippen molar-refractivity contribution >= 4 is 22.4 Å². The number of H-pyrrole nitrogens is 1. The molecule has 3 heterocycles. The van der Waals surface area contributed by atoms with Crippen LogP contribution in [-0.2, 0) is 4.74 Å². The van der Waals surface area contributed by atoms with Gasteiger partial charge in [-0.05, 0) is 30.4 Å². The fraction of sp³-hybridized carbons (Fsp3) is 0.111. The highest BCUT2D eigenvalue weighted by Gasteiger charge is 2.28. The minimum atomic E-state index is -0.178. The Kier molecular flexibility index (Phi) is 3.62. The van der Waals surface area contributed by atoms with Crippen LogP contribution in [0.3, 0.4) is 0 Å². The Hall–Kier alpha value is -3.32. The van der Waals surface area contributed by atoms with Gasteiger partial charge in [0, 0.05) is 28.5 Å². The number of allylic oxidation sites excluding steroid dienone is 2. The Balaban J connectivity index is 1.75. The van der Waals surface area contributed by atoms with E-state index in [0.29, 0.717) is 28.7 Å². The van der Waals surface area contributed by atoms with E-state index in [4.69, 9.17) is 4.74 Å². The number of hydrogen-bond acceptors (Lipinski definition) is 6. The molecule has 7 heteroatoms. The molecule has 0 radical (unpaired) electrons. The summed E-state index contributed by atoms with van der Waals surface area (Å²) in [6, 6.07) is 5.82. The monoisotopic (exact) mass is 335 g/mol. The molecule has 1 aromatic heterocycles. The number of hydrogen-bond donors (Lipinski definition) is 3. The number of aliphatic hydroxyl groups is 1. The lowest BCUT2D eigenvalue weighted by molar-refractivity contribution is 0.304. The van der Waals surface area contributed by atoms with Crippen molar-refractivity contribution in [1.29, 1.82) is 0 Å². The first-order chi connectivity index (χ1) is 12.2. The number of nitrogens with one attached hydrogen (secondary N) is 2. The largest absolute Gasteiger partial charge is 0.493 e. The molecule has 126 valence electrons. The van der Waals surface area contributed by atoms with Gasteiger partial charge in [-0.15, -0.1) is 0 Å². The van der Waals surface area contributed by atoms with Gasteiger partial charge in [0.05, 0.1) is 25.4 Å². The molecule has 0 unspecified atom stereocenters. The molecule has 0 spiro atoms. The van der Waals surface area contributed by atoms with Crippen molar-refractivity contribution < 1.29 is 9.84 Å². The first-order valence-corrected chi connectivity index (χ1v) is 7.75. The highest BCUT2D eigenvalue weighted by Crippen LogP contribution is 2.30. The van der Waals surface area contributed by atoms with Gasteiger partial charge in [-0.25, -0.2) is 4.99 Å². The lowest BCUT2D eigenvalue weighted by Gasteiger charge is -2.32. The summed E-state index contributed by atoms with van der Waals surface area (Å²) >= 11 is 0. The number of aliphatic hydroxyl groups excluding tert-OH is 1. The summed E-state index contributed by atoms with van der Waals surface area (Å²) in [6.07, 6.45) is 7.28. The molecule has 7 nitrogen and oxygen atoms in total. The number of amidine groups is 1. The molecule has 0 saturated carbocycles. The van der Waals surface area contributed by atoms with E-state index >= 15 is 0 Å². The van der Waals surface area contributed by atoms with Gasteiger partial charge >= 0.3 is 0 Å². The summed E-state index contributed by atoms with van der Waals surface area (Å²) in [5.41, 5.74) is 3.07. The highest BCUT2D eigenvalue weighted by molar-refractivity contribution is 6.01. The Morgan fingerprint density at radius 2 is 2.28 bits per heavy atom. The second kappa shape index (κ2) is 5.95. The zero-order chi connectivity index (χ0) is 17.4. The third-order valence-corrected chi connectivity index (χ3v) is 4.15. The average molecular weight is 335 g/mol. The predicted molar refractivity (Wildman–Crippen MR) is 96.5 cm³/mol. The molecular formula is C18H17N5O2. The van der Waals surface area contributed by atoms with Gasteiger partial charge in [0.15, 0.2) is 11.6 Å². The molecule has 4 rings (SSSR count). The smallest absolute Gasteiger partial charge is 0.182 e. The first kappa shape index (κ1) is 15.2. The third kappa shape index (κ3) is 2.50. The lowest BCUT2D eigenvalue weighted by Crippen LogP contribution is -2.34. The van der Waals surface area contributed by atoms with Crippen molar-refractivity contribution in [3.63, 3.8) is 0 Å². The molecule has 2 aliphatic rings. The normalized spacial score (nSPS) is 16.7. The van der Waals surface area contributed by atoms with Gasteiger partial charge in [0.1, 0.15) is 5.82 Å². The molecule has 0 bridgehead atoms. The van der Waals surface area contributed by atoms with E-state index in [-0.39, 0.29) is 6.61 Å². The SMILES string of the molecule is C=C1C(CO)=C(Nc2ccc3[nH]ncc3c2)N=C2C(OC)=CC=CN12. The minimum absolute atomic E-state index is 0.178. The summed E-state index contributed by atoms with van der Waals surface area (Å²) < 4.78 is 5.39. The van der Waals surface area contributed by atoms with Crippen LogP contribution < -0.4 is 5.32 Å². The minimum Gasteiger partial charge on any atom is -0.493 e. The molecule has 2 aliphatic heterocycles. The highest BCUT2D eigenvalue weighted by atomic mass is 16.5. The van der Waals surface area contributed by atoms with Gasteiger partial charge in [0.2, 0.25) is 0 Å². The second-order valence-electron chi connectivity index (χ2n) is 5.61. The first-order valence-electron chi connectivity index (χ1n) is 7.75. The van der Waals surface area contributed by atoms with E-state index in [9.17, 15) is 5.11 Å². The molecule has 2 aromatic rings. The standard InChI is InChI=1S/C18H17N5O2/c1-11-14(10-24)17(21-18-16(25-2)4-3-7-23(11)18)20-13-5-6-15-12(8-13)9-19-22-15/h3-9,20,24H,1,10H2,2H3,(H,19,22). The number of benzene rings is 1. The van der Waals surface area contributed by atoms with E-state index < -0.39 is 0 Å². The number of ether oxygens (including phenoxy) is 1. The maximum absolute atomic E-state index is 9.82. The van der Waals surface area contributed by atoms with Crippen molar-refractivity contribution in [3.05, 3.63) is 72.2 Å². The van der Waals surface area contributed by atoms with Crippen molar-refractivity contribution in [3.8, 4) is 0 Å². The third-order valence-electron chi connectivity index (χ3n) is 4.15. The van der Waals surface area contributed by atoms with Crippen molar-refractivity contribution in [1.82, 2.24) is 15.1 Å². The average Bonchev–Trinajstić information content (AvgIpc) is 3.09. The van der Waals surface area contributed by atoms with Gasteiger partial charge in [0.25, 0.3) is 0 Å². The summed E-state index contributed by atoms with van der Waals surface area (Å²) in [6.45, 7) is 3.91. The van der Waals surface area contributed by atoms with Gasteiger partial charge in [-0.3, -0.25) is 10.00 Å². The maximum Gasteiger partial charge on any atom is 0.182 e. The van der Waals surface area contributed by atoms with Crippen LogP contribution in [0.4, 0.5) is 5.69 Å². The molecule has 3 N–H and O–H groups in total. The van der Waals surface area contributed by atoms with Crippen LogP contribution in [-0.4, -0.2) is 39.8 Å². The molecular weight excluding hydrogens is 318 g/mol. The topological polar surface area (TPSA) is 85.8 Å². The Bertz CT molecular complexity index is 980. The second-order valence-corrected chi connectivity index (χ2v) is 5.61. The fourth-order valence-corrected chi connectivity index (χ4v) is 2.85. The summed E-state index contributed by atoms with van der Waals surface area (Å²) in [5.74, 6) is 1.80. The number of fused-ring (bicyclic) bond motifs is 2. The number of aromatic amines is 1. The zero-order valence-electron chi connectivity index (χ0n) is 13.7. The number of anilines is 1. The molecule has 0 fully saturated rings. The van der Waals surface area contributed by atoms with Crippen molar-refractivity contribution in [2.75, 3.05) is 19.0 Å². The summed E-state index contributed by atoms with van der Waals surface area (Å²) in [7, 11) is 1.60. The van der Waals surface area contributed by atoms with E-state index in [2.05, 4.69) is 27.1 Å². The summed E-state index contributed by atoms with van der Waals surface area (Å²) in [4.78, 5) is 6.44. The zero-order valence-corrected chi connectivity index (χ0v) is 13.7. The number of rotatable bonds is 4. The Morgan fingerprint density at radius 1 is 1.40 bits per heavy atom. The van der Waals surface area contributed by atoms with E-state index in [1.165, 1.54) is 0 Å². The van der Waals surface area contributed by atoms with Crippen LogP contribution in [0.1, 0.15) is 0 Å². The predicted octanol–water partition coefficient (Wildman–Crippen LogP) is 2.46. The van der Waals surface area contributed by atoms with Gasteiger partial charge in [-0.1, -0.05) is 6.58 Å². The number of aliphatic imine (C=N–C) groups is 1. The molecule has 0 amide bonds. The number of aromatic nitrogens is 2. The number of methoxy groups -OCH3 is 1. The van der Waals surface area contributed by atoms with Crippen LogP contribution in [0.5, 0.6) is 0 Å². The maximum atomic E-state index is 9.82. The Morgan fingerprint density at radius 3 is 3.08 bits per heavy atom. The Labute approximate surface area is 144 Å². The summed E-state index contributed by atoms with van der Waals surface area (Å²) in [5, 5.41) is 21.0. The van der Waals surface area contributed by atoms with E-state index in [1.807, 2.05) is 36.6 Å². The van der Waals surface area contributed by atoms with Crippen LogP contribution in [0.25, 0.3) is 10.9 Å². The van der Waals surface area contributed by atoms with Crippen molar-refractivity contribution in [2.24, 2.45) is 4.99 Å². The molecule has 0 atom stereocenters. The molecule has 0 aliphatic carbocycles. The van der Waals surface area contributed by atoms with Gasteiger partial charge < -0.3 is 15.2 Å². The van der Waals surface area contributed by atoms with Gasteiger partial charge in [-0.2, -0.15) is 5.10 Å². The van der Waals surface area contributed by atoms with Crippen LogP contribution in [0.15, 0.2) is 77.2 Å². The lowest BCUT2D eigenvalue weighted by atomic mass is 10.1. The van der Waals surface area contributed by atoms with Crippen LogP contribution >= 0.6 is 0 Å². The fourth-order valence-electron chi connectivity index (χ4n) is 2.85. The molecule has 0 saturated heterocycles. The van der Waals surface area contributed by atoms with E-state index in [0.717, 1.165) is 16.6 Å². The molecule has 1 aromatic carbocycles. The van der Waals surface area contributed by atoms with Crippen molar-refractivity contribution in [2.45, 2.75) is 0 Å². The van der Waals surface area contributed by atoms with E-state index in [1.54, 1.807) is 18.2 Å². The van der Waals surface area contributed by atoms with Crippen LogP contribution in [0, 0.1) is 0 Å². The number of nitrogens with zero attached hydrogens (tertiary/aromatic N) is 3. The van der Waals surface area contributed by atoms with Crippen LogP contribution in [0.2, 0.25) is 0 Å². The molecule has 25 heavy (non-hydrogen) atoms. The quantitative estimate of drug-likeness (QED) is 0.799.